The minimum Gasteiger partial charge on any atom is -0.495 e. The maximum atomic E-state index is 13.0. The van der Waals surface area contributed by atoms with E-state index < -0.39 is 0 Å². The van der Waals surface area contributed by atoms with Gasteiger partial charge in [0.15, 0.2) is 0 Å². The van der Waals surface area contributed by atoms with Gasteiger partial charge in [-0.15, -0.1) is 0 Å². The number of aryl methyl sites for hydroxylation is 1. The maximum Gasteiger partial charge on any atom is 0.227 e. The van der Waals surface area contributed by atoms with Gasteiger partial charge in [0.25, 0.3) is 0 Å². The van der Waals surface area contributed by atoms with Gasteiger partial charge in [-0.3, -0.25) is 4.79 Å². The lowest BCUT2D eigenvalue weighted by atomic mass is 9.87. The molecule has 1 saturated heterocycles. The van der Waals surface area contributed by atoms with Gasteiger partial charge in [0, 0.05) is 25.4 Å². The van der Waals surface area contributed by atoms with E-state index >= 15 is 0 Å². The minimum absolute atomic E-state index is 0.0937. The lowest BCUT2D eigenvalue weighted by Crippen LogP contribution is -2.25. The second-order valence-electron chi connectivity index (χ2n) is 8.98. The molecule has 1 aliphatic heterocycles. The largest absolute Gasteiger partial charge is 0.495 e. The highest BCUT2D eigenvalue weighted by atomic mass is 16.5. The highest BCUT2D eigenvalue weighted by Crippen LogP contribution is 2.37. The van der Waals surface area contributed by atoms with Gasteiger partial charge in [-0.2, -0.15) is 0 Å². The third-order valence-electron chi connectivity index (χ3n) is 7.04. The molecule has 5 rings (SSSR count). The summed E-state index contributed by atoms with van der Waals surface area (Å²) in [6.07, 6.45) is 8.52. The zero-order valence-corrected chi connectivity index (χ0v) is 18.3. The molecule has 5 heteroatoms. The molecular weight excluding hydrogens is 386 g/mol. The average molecular weight is 418 g/mol. The van der Waals surface area contributed by atoms with Gasteiger partial charge in [-0.25, -0.2) is 4.98 Å². The summed E-state index contributed by atoms with van der Waals surface area (Å²) in [6, 6.07) is 16.2. The molecule has 0 bridgehead atoms. The van der Waals surface area contributed by atoms with E-state index in [0.717, 1.165) is 35.2 Å². The number of carbonyl (C=O) groups is 1. The van der Waals surface area contributed by atoms with Crippen molar-refractivity contribution in [2.45, 2.75) is 57.4 Å². The van der Waals surface area contributed by atoms with Crippen molar-refractivity contribution in [3.05, 3.63) is 54.4 Å². The summed E-state index contributed by atoms with van der Waals surface area (Å²) in [5, 5.41) is 0. The summed E-state index contributed by atoms with van der Waals surface area (Å²) < 4.78 is 7.91. The molecule has 0 radical (unpaired) electrons. The highest BCUT2D eigenvalue weighted by molar-refractivity contribution is 5.97. The molecule has 5 nitrogen and oxygen atoms in total. The van der Waals surface area contributed by atoms with E-state index in [1.807, 2.05) is 35.2 Å². The molecule has 1 amide bonds. The van der Waals surface area contributed by atoms with Crippen molar-refractivity contribution >= 4 is 22.6 Å². The van der Waals surface area contributed by atoms with Crippen molar-refractivity contribution in [1.29, 1.82) is 0 Å². The van der Waals surface area contributed by atoms with Crippen molar-refractivity contribution in [2.24, 2.45) is 5.92 Å². The molecule has 162 valence electrons. The van der Waals surface area contributed by atoms with Crippen LogP contribution in [-0.2, 0) is 11.3 Å². The van der Waals surface area contributed by atoms with E-state index in [4.69, 9.17) is 9.72 Å². The molecule has 1 atom stereocenters. The summed E-state index contributed by atoms with van der Waals surface area (Å²) in [4.78, 5) is 19.9. The first-order valence-electron chi connectivity index (χ1n) is 11.6. The van der Waals surface area contributed by atoms with Gasteiger partial charge in [0.1, 0.15) is 11.6 Å². The monoisotopic (exact) mass is 417 g/mol. The SMILES string of the molecule is COc1ccccc1N1CC(c2nc3ccccc3n2CCC2CCCCC2)CC1=O. The topological polar surface area (TPSA) is 47.4 Å². The van der Waals surface area contributed by atoms with Crippen LogP contribution >= 0.6 is 0 Å². The summed E-state index contributed by atoms with van der Waals surface area (Å²) in [5.41, 5.74) is 3.07. The first-order valence-corrected chi connectivity index (χ1v) is 11.6. The third-order valence-corrected chi connectivity index (χ3v) is 7.04. The van der Waals surface area contributed by atoms with E-state index in [2.05, 4.69) is 22.8 Å². The number of ether oxygens (including phenoxy) is 1. The predicted molar refractivity (Wildman–Crippen MR) is 124 cm³/mol. The number of benzene rings is 2. The number of para-hydroxylation sites is 4. The second kappa shape index (κ2) is 8.74. The molecule has 0 spiro atoms. The number of amides is 1. The number of carbonyl (C=O) groups excluding carboxylic acids is 1. The standard InChI is InChI=1S/C26H31N3O2/c1-31-24-14-8-7-13-23(24)29-18-20(17-25(29)30)26-27-21-11-5-6-12-22(21)28(26)16-15-19-9-3-2-4-10-19/h5-8,11-14,19-20H,2-4,9-10,15-18H2,1H3. The van der Waals surface area contributed by atoms with E-state index in [1.165, 1.54) is 44.0 Å². The average Bonchev–Trinajstić information content (AvgIpc) is 3.38. The molecule has 2 aliphatic rings. The molecule has 0 N–H and O–H groups in total. The molecule has 1 aromatic heterocycles. The van der Waals surface area contributed by atoms with Crippen molar-refractivity contribution in [2.75, 3.05) is 18.6 Å². The molecule has 31 heavy (non-hydrogen) atoms. The Hall–Kier alpha value is -2.82. The van der Waals surface area contributed by atoms with Crippen molar-refractivity contribution < 1.29 is 9.53 Å². The van der Waals surface area contributed by atoms with Crippen molar-refractivity contribution in [3.8, 4) is 5.75 Å². The van der Waals surface area contributed by atoms with E-state index in [1.54, 1.807) is 7.11 Å². The van der Waals surface area contributed by atoms with Crippen LogP contribution in [0.4, 0.5) is 5.69 Å². The predicted octanol–water partition coefficient (Wildman–Crippen LogP) is 5.54. The third kappa shape index (κ3) is 3.93. The smallest absolute Gasteiger partial charge is 0.227 e. The molecule has 3 aromatic rings. The Bertz CT molecular complexity index is 1070. The molecule has 1 unspecified atom stereocenters. The number of hydrogen-bond donors (Lipinski definition) is 0. The van der Waals surface area contributed by atoms with Crippen LogP contribution in [0.25, 0.3) is 11.0 Å². The quantitative estimate of drug-likeness (QED) is 0.529. The molecule has 1 aliphatic carbocycles. The summed E-state index contributed by atoms with van der Waals surface area (Å²) in [6.45, 7) is 1.63. The van der Waals surface area contributed by atoms with Gasteiger partial charge < -0.3 is 14.2 Å². The van der Waals surface area contributed by atoms with Crippen molar-refractivity contribution in [1.82, 2.24) is 9.55 Å². The zero-order chi connectivity index (χ0) is 21.2. The van der Waals surface area contributed by atoms with Crippen LogP contribution in [0.15, 0.2) is 48.5 Å². The number of aromatic nitrogens is 2. The second-order valence-corrected chi connectivity index (χ2v) is 8.98. The van der Waals surface area contributed by atoms with Gasteiger partial charge in [0.05, 0.1) is 23.8 Å². The van der Waals surface area contributed by atoms with E-state index in [9.17, 15) is 4.79 Å². The normalized spacial score (nSPS) is 20.0. The lowest BCUT2D eigenvalue weighted by Gasteiger charge is -2.23. The first kappa shape index (κ1) is 20.1. The van der Waals surface area contributed by atoms with Crippen molar-refractivity contribution in [3.63, 3.8) is 0 Å². The Labute approximate surface area is 184 Å². The van der Waals surface area contributed by atoms with Gasteiger partial charge >= 0.3 is 0 Å². The van der Waals surface area contributed by atoms with E-state index in [-0.39, 0.29) is 11.8 Å². The number of rotatable bonds is 6. The van der Waals surface area contributed by atoms with E-state index in [0.29, 0.717) is 13.0 Å². The Balaban J connectivity index is 1.43. The Kier molecular flexibility index (Phi) is 5.66. The Morgan fingerprint density at radius 2 is 1.81 bits per heavy atom. The van der Waals surface area contributed by atoms with Crippen LogP contribution in [0.3, 0.4) is 0 Å². The highest BCUT2D eigenvalue weighted by Gasteiger charge is 2.36. The summed E-state index contributed by atoms with van der Waals surface area (Å²) >= 11 is 0. The zero-order valence-electron chi connectivity index (χ0n) is 18.3. The van der Waals surface area contributed by atoms with Crippen LogP contribution in [0.5, 0.6) is 5.75 Å². The molecular formula is C26H31N3O2. The number of fused-ring (bicyclic) bond motifs is 1. The number of methoxy groups -OCH3 is 1. The molecule has 1 saturated carbocycles. The fourth-order valence-corrected chi connectivity index (χ4v) is 5.39. The number of hydrogen-bond acceptors (Lipinski definition) is 3. The van der Waals surface area contributed by atoms with Gasteiger partial charge in [-0.1, -0.05) is 56.4 Å². The summed E-state index contributed by atoms with van der Waals surface area (Å²) in [5.74, 6) is 2.85. The van der Waals surface area contributed by atoms with Crippen LogP contribution in [-0.4, -0.2) is 29.1 Å². The number of nitrogens with zero attached hydrogens (tertiary/aromatic N) is 3. The number of imidazole rings is 1. The molecule has 2 heterocycles. The number of anilines is 1. The van der Waals surface area contributed by atoms with Gasteiger partial charge in [0.2, 0.25) is 5.91 Å². The Morgan fingerprint density at radius 1 is 1.03 bits per heavy atom. The van der Waals surface area contributed by atoms with Crippen LogP contribution in [0.2, 0.25) is 0 Å². The molecule has 2 fully saturated rings. The van der Waals surface area contributed by atoms with Crippen LogP contribution in [0.1, 0.15) is 56.7 Å². The minimum atomic E-state index is 0.0937. The summed E-state index contributed by atoms with van der Waals surface area (Å²) in [7, 11) is 1.65. The Morgan fingerprint density at radius 3 is 2.65 bits per heavy atom. The van der Waals surface area contributed by atoms with Crippen LogP contribution in [0, 0.1) is 5.92 Å². The van der Waals surface area contributed by atoms with Crippen LogP contribution < -0.4 is 9.64 Å². The fraction of sp³-hybridized carbons (Fsp3) is 0.462. The van der Waals surface area contributed by atoms with Gasteiger partial charge in [-0.05, 0) is 36.6 Å². The molecule has 2 aromatic carbocycles. The maximum absolute atomic E-state index is 13.0. The first-order chi connectivity index (χ1) is 15.2. The lowest BCUT2D eigenvalue weighted by molar-refractivity contribution is -0.117. The fourth-order valence-electron chi connectivity index (χ4n) is 5.39.